The summed E-state index contributed by atoms with van der Waals surface area (Å²) in [5, 5.41) is 13.9. The molecule has 0 aromatic heterocycles. The van der Waals surface area contributed by atoms with Crippen LogP contribution in [0, 0.1) is 0 Å². The molecule has 0 radical (unpaired) electrons. The highest BCUT2D eigenvalue weighted by atomic mass is 35.5. The van der Waals surface area contributed by atoms with Crippen molar-refractivity contribution in [3.05, 3.63) is 40.4 Å². The fourth-order valence-corrected chi connectivity index (χ4v) is 1.81. The van der Waals surface area contributed by atoms with E-state index >= 15 is 0 Å². The molecule has 0 bridgehead atoms. The third-order valence-corrected chi connectivity index (χ3v) is 2.84. The Kier molecular flexibility index (Phi) is 5.20. The van der Waals surface area contributed by atoms with Crippen molar-refractivity contribution in [2.24, 2.45) is 0 Å². The highest BCUT2D eigenvalue weighted by Crippen LogP contribution is 2.31. The summed E-state index contributed by atoms with van der Waals surface area (Å²) in [7, 11) is 0. The molecule has 1 unspecified atom stereocenters. The number of carbonyl (C=O) groups is 2. The van der Waals surface area contributed by atoms with E-state index in [1.165, 1.54) is 12.1 Å². The zero-order valence-electron chi connectivity index (χ0n) is 10.0. The fourth-order valence-electron chi connectivity index (χ4n) is 1.23. The second-order valence-corrected chi connectivity index (χ2v) is 4.56. The average Bonchev–Trinajstić information content (AvgIpc) is 2.33. The van der Waals surface area contributed by atoms with Crippen LogP contribution in [0.25, 0.3) is 0 Å². The fraction of sp³-hybridized carbons (Fsp3) is 0.167. The largest absolute Gasteiger partial charge is 0.478 e. The molecule has 102 valence electrons. The monoisotopic (exact) mass is 302 g/mol. The highest BCUT2D eigenvalue weighted by Gasteiger charge is 2.14. The van der Waals surface area contributed by atoms with Crippen molar-refractivity contribution in [3.8, 4) is 0 Å². The van der Waals surface area contributed by atoms with Crippen LogP contribution in [-0.4, -0.2) is 23.1 Å². The smallest absolute Gasteiger partial charge is 0.335 e. The number of hydrogen-bond donors (Lipinski definition) is 3. The molecule has 1 aromatic carbocycles. The van der Waals surface area contributed by atoms with E-state index in [-0.39, 0.29) is 27.3 Å². The van der Waals surface area contributed by atoms with Gasteiger partial charge in [-0.05, 0) is 19.1 Å². The molecule has 7 heteroatoms. The summed E-state index contributed by atoms with van der Waals surface area (Å²) in [4.78, 5) is 22.4. The predicted molar refractivity (Wildman–Crippen MR) is 75.2 cm³/mol. The summed E-state index contributed by atoms with van der Waals surface area (Å²) in [5.41, 5.74) is 0.0995. The van der Waals surface area contributed by atoms with Gasteiger partial charge in [0.15, 0.2) is 0 Å². The molecule has 0 spiro atoms. The van der Waals surface area contributed by atoms with E-state index < -0.39 is 12.0 Å². The van der Waals surface area contributed by atoms with Crippen LogP contribution in [0.15, 0.2) is 24.8 Å². The molecule has 3 N–H and O–H groups in total. The van der Waals surface area contributed by atoms with Gasteiger partial charge in [0, 0.05) is 6.04 Å². The number of hydrogen-bond acceptors (Lipinski definition) is 2. The van der Waals surface area contributed by atoms with Crippen molar-refractivity contribution in [3.63, 3.8) is 0 Å². The molecule has 1 atom stereocenters. The molecule has 0 fully saturated rings. The Balaban J connectivity index is 2.93. The van der Waals surface area contributed by atoms with Crippen molar-refractivity contribution >= 4 is 40.9 Å². The van der Waals surface area contributed by atoms with Crippen molar-refractivity contribution in [2.75, 3.05) is 5.32 Å². The van der Waals surface area contributed by atoms with E-state index in [9.17, 15) is 9.59 Å². The molecule has 0 saturated carbocycles. The van der Waals surface area contributed by atoms with Gasteiger partial charge in [0.05, 0.1) is 21.3 Å². The molecule has 0 saturated heterocycles. The first-order valence-corrected chi connectivity index (χ1v) is 6.03. The van der Waals surface area contributed by atoms with Crippen LogP contribution in [0.4, 0.5) is 10.5 Å². The second-order valence-electron chi connectivity index (χ2n) is 3.74. The number of rotatable bonds is 4. The number of aromatic carboxylic acids is 1. The number of halogens is 2. The standard InChI is InChI=1S/C12H12Cl2N2O3/c1-3-6(2)15-12(19)16-10-8(13)4-7(11(17)18)5-9(10)14/h3-6H,1H2,2H3,(H,17,18)(H2,15,16,19). The predicted octanol–water partition coefficient (Wildman–Crippen LogP) is 3.39. The van der Waals surface area contributed by atoms with Gasteiger partial charge in [-0.25, -0.2) is 9.59 Å². The van der Waals surface area contributed by atoms with Gasteiger partial charge in [0.2, 0.25) is 0 Å². The molecular formula is C12H12Cl2N2O3. The molecule has 1 rings (SSSR count). The minimum Gasteiger partial charge on any atom is -0.478 e. The first kappa shape index (κ1) is 15.3. The third kappa shape index (κ3) is 4.15. The molecule has 0 aliphatic carbocycles. The molecular weight excluding hydrogens is 291 g/mol. The van der Waals surface area contributed by atoms with Gasteiger partial charge in [-0.2, -0.15) is 0 Å². The molecule has 0 aliphatic rings. The summed E-state index contributed by atoms with van der Waals surface area (Å²) < 4.78 is 0. The van der Waals surface area contributed by atoms with Crippen LogP contribution >= 0.6 is 23.2 Å². The molecule has 0 heterocycles. The van der Waals surface area contributed by atoms with Crippen LogP contribution in [0.3, 0.4) is 0 Å². The third-order valence-electron chi connectivity index (χ3n) is 2.24. The number of anilines is 1. The Labute approximate surface area is 120 Å². The first-order chi connectivity index (χ1) is 8.85. The van der Waals surface area contributed by atoms with Crippen molar-refractivity contribution in [1.29, 1.82) is 0 Å². The lowest BCUT2D eigenvalue weighted by molar-refractivity contribution is 0.0697. The Morgan fingerprint density at radius 3 is 2.32 bits per heavy atom. The minimum atomic E-state index is -1.15. The van der Waals surface area contributed by atoms with Crippen LogP contribution < -0.4 is 10.6 Å². The van der Waals surface area contributed by atoms with E-state index in [0.717, 1.165) is 0 Å². The van der Waals surface area contributed by atoms with Gasteiger partial charge in [0.25, 0.3) is 0 Å². The average molecular weight is 303 g/mol. The molecule has 0 aliphatic heterocycles. The Morgan fingerprint density at radius 1 is 1.37 bits per heavy atom. The molecule has 5 nitrogen and oxygen atoms in total. The Bertz CT molecular complexity index is 509. The topological polar surface area (TPSA) is 78.4 Å². The number of carboxylic acids is 1. The van der Waals surface area contributed by atoms with Crippen molar-refractivity contribution in [1.82, 2.24) is 5.32 Å². The van der Waals surface area contributed by atoms with E-state index in [1.807, 2.05) is 0 Å². The van der Waals surface area contributed by atoms with Gasteiger partial charge in [0.1, 0.15) is 0 Å². The van der Waals surface area contributed by atoms with Crippen molar-refractivity contribution in [2.45, 2.75) is 13.0 Å². The number of nitrogens with one attached hydrogen (secondary N) is 2. The zero-order chi connectivity index (χ0) is 14.6. The maximum absolute atomic E-state index is 11.6. The number of benzene rings is 1. The summed E-state index contributed by atoms with van der Waals surface area (Å²) in [5.74, 6) is -1.15. The summed E-state index contributed by atoms with van der Waals surface area (Å²) in [6, 6.07) is 1.68. The van der Waals surface area contributed by atoms with Gasteiger partial charge < -0.3 is 15.7 Å². The number of carboxylic acid groups (broad SMARTS) is 1. The zero-order valence-corrected chi connectivity index (χ0v) is 11.5. The Morgan fingerprint density at radius 2 is 1.89 bits per heavy atom. The molecule has 2 amide bonds. The second kappa shape index (κ2) is 6.45. The Hall–Kier alpha value is -1.72. The molecule has 19 heavy (non-hydrogen) atoms. The van der Waals surface area contributed by atoms with E-state index in [1.54, 1.807) is 13.0 Å². The van der Waals surface area contributed by atoms with Crippen LogP contribution in [0.2, 0.25) is 10.0 Å². The minimum absolute atomic E-state index is 0.0475. The van der Waals surface area contributed by atoms with E-state index in [2.05, 4.69) is 17.2 Å². The number of urea groups is 1. The summed E-state index contributed by atoms with van der Waals surface area (Å²) in [6.07, 6.45) is 1.55. The molecule has 1 aromatic rings. The lowest BCUT2D eigenvalue weighted by Crippen LogP contribution is -2.34. The number of amides is 2. The van der Waals surface area contributed by atoms with Gasteiger partial charge in [-0.3, -0.25) is 0 Å². The van der Waals surface area contributed by atoms with Crippen LogP contribution in [0.1, 0.15) is 17.3 Å². The van der Waals surface area contributed by atoms with Crippen molar-refractivity contribution < 1.29 is 14.7 Å². The SMILES string of the molecule is C=CC(C)NC(=O)Nc1c(Cl)cc(C(=O)O)cc1Cl. The van der Waals surface area contributed by atoms with Crippen LogP contribution in [-0.2, 0) is 0 Å². The summed E-state index contributed by atoms with van der Waals surface area (Å²) in [6.45, 7) is 5.27. The maximum Gasteiger partial charge on any atom is 0.335 e. The lowest BCUT2D eigenvalue weighted by atomic mass is 10.2. The maximum atomic E-state index is 11.6. The van der Waals surface area contributed by atoms with Gasteiger partial charge >= 0.3 is 12.0 Å². The van der Waals surface area contributed by atoms with E-state index in [0.29, 0.717) is 0 Å². The van der Waals surface area contributed by atoms with Crippen LogP contribution in [0.5, 0.6) is 0 Å². The van der Waals surface area contributed by atoms with E-state index in [4.69, 9.17) is 28.3 Å². The first-order valence-electron chi connectivity index (χ1n) is 5.27. The normalized spacial score (nSPS) is 11.5. The highest BCUT2D eigenvalue weighted by molar-refractivity contribution is 6.40. The number of carbonyl (C=O) groups excluding carboxylic acids is 1. The van der Waals surface area contributed by atoms with Gasteiger partial charge in [-0.1, -0.05) is 29.3 Å². The van der Waals surface area contributed by atoms with Gasteiger partial charge in [-0.15, -0.1) is 6.58 Å². The lowest BCUT2D eigenvalue weighted by Gasteiger charge is -2.13. The summed E-state index contributed by atoms with van der Waals surface area (Å²) >= 11 is 11.8. The quantitative estimate of drug-likeness (QED) is 0.746.